The molecule has 2 amide bonds. The Balaban J connectivity index is 0.000000188. The molecule has 0 atom stereocenters. The summed E-state index contributed by atoms with van der Waals surface area (Å²) >= 11 is 14.7. The average molecular weight is 608 g/mol. The number of hydrogen-bond donors (Lipinski definition) is 2. The number of nitrogens with two attached hydrogens (primary N) is 2. The topological polar surface area (TPSA) is 115 Å². The van der Waals surface area contributed by atoms with E-state index in [-0.39, 0.29) is 11.8 Å². The van der Waals surface area contributed by atoms with Crippen molar-refractivity contribution in [3.63, 3.8) is 0 Å². The first-order valence-electron chi connectivity index (χ1n) is 6.66. The summed E-state index contributed by atoms with van der Waals surface area (Å²) < 4.78 is 1.89. The Morgan fingerprint density at radius 1 is 1.00 bits per heavy atom. The minimum absolute atomic E-state index is 0.0735. The Labute approximate surface area is 182 Å². The van der Waals surface area contributed by atoms with Gasteiger partial charge in [0.2, 0.25) is 11.8 Å². The quantitative estimate of drug-likeness (QED) is 0.204. The predicted octanol–water partition coefficient (Wildman–Crippen LogP) is 3.72. The van der Waals surface area contributed by atoms with Gasteiger partial charge in [0, 0.05) is 12.8 Å². The van der Waals surface area contributed by atoms with Gasteiger partial charge in [-0.2, -0.15) is 0 Å². The van der Waals surface area contributed by atoms with Crippen LogP contribution in [0.5, 0.6) is 0 Å². The van der Waals surface area contributed by atoms with Crippen LogP contribution in [0.3, 0.4) is 0 Å². The molecule has 1 saturated heterocycles. The van der Waals surface area contributed by atoms with Crippen molar-refractivity contribution < 1.29 is 9.59 Å². The van der Waals surface area contributed by atoms with Crippen LogP contribution in [0.2, 0.25) is 10.3 Å². The van der Waals surface area contributed by atoms with Gasteiger partial charge in [0.15, 0.2) is 0 Å². The molecule has 3 heterocycles. The van der Waals surface area contributed by atoms with Gasteiger partial charge in [-0.1, -0.05) is 23.2 Å². The smallest absolute Gasteiger partial charge is 0.238 e. The van der Waals surface area contributed by atoms with Gasteiger partial charge in [-0.25, -0.2) is 13.1 Å². The highest BCUT2D eigenvalue weighted by Crippen LogP contribution is 2.15. The van der Waals surface area contributed by atoms with E-state index < -0.39 is 0 Å². The first-order valence-corrected chi connectivity index (χ1v) is 9.46. The van der Waals surface area contributed by atoms with Gasteiger partial charge < -0.3 is 11.5 Å². The summed E-state index contributed by atoms with van der Waals surface area (Å²) in [6.45, 7) is 0. The Morgan fingerprint density at radius 3 is 1.88 bits per heavy atom. The molecule has 0 saturated carbocycles. The fourth-order valence-electron chi connectivity index (χ4n) is 1.36. The number of halogens is 4. The summed E-state index contributed by atoms with van der Waals surface area (Å²) in [4.78, 5) is 28.6. The van der Waals surface area contributed by atoms with Crippen LogP contribution in [0, 0.1) is 3.70 Å². The fraction of sp³-hybridized carbons (Fsp3) is 0.143. The van der Waals surface area contributed by atoms with Crippen LogP contribution in [0.15, 0.2) is 30.5 Å². The third-order valence-corrected chi connectivity index (χ3v) is 4.96. The zero-order chi connectivity index (χ0) is 19.0. The highest BCUT2D eigenvalue weighted by atomic mass is 127. The number of aromatic nitrogens is 2. The highest BCUT2D eigenvalue weighted by Gasteiger charge is 2.26. The Bertz CT molecular complexity index is 710. The maximum absolute atomic E-state index is 10.5. The lowest BCUT2D eigenvalue weighted by molar-refractivity contribution is -0.130. The molecule has 134 valence electrons. The van der Waals surface area contributed by atoms with Crippen molar-refractivity contribution >= 4 is 91.8 Å². The van der Waals surface area contributed by atoms with E-state index in [9.17, 15) is 9.59 Å². The van der Waals surface area contributed by atoms with Crippen LogP contribution in [0.1, 0.15) is 12.8 Å². The Hall–Kier alpha value is -0.920. The summed E-state index contributed by atoms with van der Waals surface area (Å²) in [5, 5.41) is 0.952. The maximum atomic E-state index is 10.5. The third-order valence-electron chi connectivity index (χ3n) is 2.58. The molecule has 0 bridgehead atoms. The van der Waals surface area contributed by atoms with Crippen LogP contribution in [-0.4, -0.2) is 24.9 Å². The van der Waals surface area contributed by atoms with Crippen LogP contribution >= 0.6 is 68.7 Å². The molecule has 11 heteroatoms. The number of carbonyl (C=O) groups excluding carboxylic acids is 2. The van der Waals surface area contributed by atoms with Gasteiger partial charge in [0.05, 0.1) is 40.4 Å². The van der Waals surface area contributed by atoms with Crippen molar-refractivity contribution in [1.82, 2.24) is 13.1 Å². The number of amides is 2. The minimum atomic E-state index is -0.0735. The molecule has 1 fully saturated rings. The first kappa shape index (κ1) is 22.1. The number of nitrogen functional groups attached to an aromatic ring is 2. The van der Waals surface area contributed by atoms with E-state index in [2.05, 4.69) is 9.97 Å². The molecule has 0 radical (unpaired) electrons. The normalized spacial score (nSPS) is 12.9. The second-order valence-corrected chi connectivity index (χ2v) is 7.26. The van der Waals surface area contributed by atoms with E-state index in [0.29, 0.717) is 34.5 Å². The van der Waals surface area contributed by atoms with E-state index in [1.54, 1.807) is 47.1 Å². The monoisotopic (exact) mass is 607 g/mol. The Kier molecular flexibility index (Phi) is 9.67. The second kappa shape index (κ2) is 10.9. The van der Waals surface area contributed by atoms with E-state index in [0.717, 1.165) is 6.81 Å². The summed E-state index contributed by atoms with van der Waals surface area (Å²) in [6.07, 6.45) is 2.30. The first-order chi connectivity index (χ1) is 11.7. The molecule has 7 nitrogen and oxygen atoms in total. The zero-order valence-electron chi connectivity index (χ0n) is 12.6. The summed E-state index contributed by atoms with van der Waals surface area (Å²) in [5.74, 6) is -0.147. The van der Waals surface area contributed by atoms with Crippen LogP contribution in [0.4, 0.5) is 11.4 Å². The molecule has 4 N–H and O–H groups in total. The molecular formula is C14H13Cl2I2N5O2. The van der Waals surface area contributed by atoms with Gasteiger partial charge in [0.25, 0.3) is 0 Å². The summed E-state index contributed by atoms with van der Waals surface area (Å²) in [7, 11) is 0. The predicted molar refractivity (Wildman–Crippen MR) is 115 cm³/mol. The molecular weight excluding hydrogens is 595 g/mol. The van der Waals surface area contributed by atoms with Crippen molar-refractivity contribution in [2.45, 2.75) is 12.8 Å². The zero-order valence-corrected chi connectivity index (χ0v) is 18.5. The van der Waals surface area contributed by atoms with E-state index in [1.165, 1.54) is 6.20 Å². The molecule has 0 aromatic carbocycles. The van der Waals surface area contributed by atoms with Gasteiger partial charge in [-0.05, 0) is 46.9 Å². The number of nitrogens with zero attached hydrogens (tertiary/aromatic N) is 3. The number of pyridine rings is 2. The van der Waals surface area contributed by atoms with Crippen molar-refractivity contribution in [3.05, 3.63) is 44.5 Å². The maximum Gasteiger partial charge on any atom is 0.238 e. The van der Waals surface area contributed by atoms with Gasteiger partial charge in [-0.15, -0.1) is 0 Å². The number of rotatable bonds is 0. The highest BCUT2D eigenvalue weighted by molar-refractivity contribution is 14.1. The molecule has 0 spiro atoms. The molecule has 3 rings (SSSR count). The number of anilines is 2. The summed E-state index contributed by atoms with van der Waals surface area (Å²) in [5.41, 5.74) is 12.1. The van der Waals surface area contributed by atoms with Crippen molar-refractivity contribution in [2.75, 3.05) is 11.5 Å². The molecule has 2 aromatic rings. The third kappa shape index (κ3) is 8.33. The number of imide groups is 1. The lowest BCUT2D eigenvalue weighted by Crippen LogP contribution is -2.16. The molecule has 25 heavy (non-hydrogen) atoms. The fourth-order valence-corrected chi connectivity index (χ4v) is 2.68. The van der Waals surface area contributed by atoms with E-state index in [4.69, 9.17) is 34.7 Å². The molecule has 1 aliphatic rings. The van der Waals surface area contributed by atoms with Crippen LogP contribution in [0.25, 0.3) is 0 Å². The molecule has 0 unspecified atom stereocenters. The standard InChI is InChI=1S/C5H4ClIN2.C5H5ClN2.C4H4INO2/c6-4-2-1-3(8)5(7)9-4;6-5-2-1-4(7)3-8-5;5-6-3(7)1-2-4(6)8/h1-2H,8H2;1-3H,7H2;1-2H2. The average Bonchev–Trinajstić information content (AvgIpc) is 2.86. The van der Waals surface area contributed by atoms with Crippen LogP contribution < -0.4 is 11.5 Å². The van der Waals surface area contributed by atoms with Crippen molar-refractivity contribution in [2.24, 2.45) is 0 Å². The summed E-state index contributed by atoms with van der Waals surface area (Å²) in [6, 6.07) is 6.75. The van der Waals surface area contributed by atoms with E-state index in [1.807, 2.05) is 22.6 Å². The Morgan fingerprint density at radius 2 is 1.56 bits per heavy atom. The minimum Gasteiger partial charge on any atom is -0.397 e. The van der Waals surface area contributed by atoms with Crippen LogP contribution in [-0.2, 0) is 9.59 Å². The second-order valence-electron chi connectivity index (χ2n) is 4.50. The van der Waals surface area contributed by atoms with Gasteiger partial charge >= 0.3 is 0 Å². The number of carbonyl (C=O) groups is 2. The van der Waals surface area contributed by atoms with Gasteiger partial charge in [-0.3, -0.25) is 9.59 Å². The van der Waals surface area contributed by atoms with Gasteiger partial charge in [0.1, 0.15) is 14.0 Å². The lowest BCUT2D eigenvalue weighted by Gasteiger charge is -1.97. The van der Waals surface area contributed by atoms with Crippen molar-refractivity contribution in [3.8, 4) is 0 Å². The largest absolute Gasteiger partial charge is 0.397 e. The van der Waals surface area contributed by atoms with Crippen molar-refractivity contribution in [1.29, 1.82) is 0 Å². The van der Waals surface area contributed by atoms with E-state index >= 15 is 0 Å². The molecule has 1 aliphatic heterocycles. The SMILES string of the molecule is Nc1ccc(Cl)nc1.Nc1ccc(Cl)nc1I.O=C1CCC(=O)N1I. The number of hydrogen-bond acceptors (Lipinski definition) is 6. The lowest BCUT2D eigenvalue weighted by atomic mass is 10.4. The molecule has 0 aliphatic carbocycles. The molecule has 2 aromatic heterocycles.